The smallest absolute Gasteiger partial charge is 0.252 e. The second-order valence-corrected chi connectivity index (χ2v) is 3.75. The molecule has 0 fully saturated rings. The summed E-state index contributed by atoms with van der Waals surface area (Å²) >= 11 is 1.61. The van der Waals surface area contributed by atoms with Crippen LogP contribution in [0.25, 0.3) is 0 Å². The van der Waals surface area contributed by atoms with Gasteiger partial charge < -0.3 is 5.73 Å². The summed E-state index contributed by atoms with van der Waals surface area (Å²) in [5.74, 6) is 0.170. The molecule has 0 aliphatic heterocycles. The van der Waals surface area contributed by atoms with E-state index >= 15 is 0 Å². The van der Waals surface area contributed by atoms with Gasteiger partial charge in [0.15, 0.2) is 0 Å². The van der Waals surface area contributed by atoms with Crippen LogP contribution in [0.1, 0.15) is 17.4 Å². The molecular formula is C9H9N5S. The predicted molar refractivity (Wildman–Crippen MR) is 56.2 cm³/mol. The molecule has 15 heavy (non-hydrogen) atoms. The molecule has 2 heterocycles. The van der Waals surface area contributed by atoms with Crippen molar-refractivity contribution in [3.05, 3.63) is 34.5 Å². The van der Waals surface area contributed by atoms with Gasteiger partial charge in [0.2, 0.25) is 0 Å². The average Bonchev–Trinajstić information content (AvgIpc) is 2.89. The van der Waals surface area contributed by atoms with Crippen molar-refractivity contribution in [1.29, 1.82) is 5.26 Å². The Bertz CT molecular complexity index is 467. The Kier molecular flexibility index (Phi) is 2.76. The number of nitrogens with zero attached hydrogens (tertiary/aromatic N) is 4. The van der Waals surface area contributed by atoms with Crippen LogP contribution in [0.3, 0.4) is 0 Å². The molecule has 0 aliphatic carbocycles. The number of rotatable bonds is 3. The van der Waals surface area contributed by atoms with Crippen molar-refractivity contribution in [2.24, 2.45) is 5.73 Å². The monoisotopic (exact) mass is 219 g/mol. The van der Waals surface area contributed by atoms with Crippen molar-refractivity contribution < 1.29 is 0 Å². The van der Waals surface area contributed by atoms with Crippen LogP contribution in [0.2, 0.25) is 0 Å². The van der Waals surface area contributed by atoms with E-state index < -0.39 is 0 Å². The van der Waals surface area contributed by atoms with Gasteiger partial charge in [-0.1, -0.05) is 0 Å². The van der Waals surface area contributed by atoms with Gasteiger partial charge in [0.05, 0.1) is 6.04 Å². The predicted octanol–water partition coefficient (Wildman–Crippen LogP) is 0.759. The zero-order valence-corrected chi connectivity index (χ0v) is 8.68. The van der Waals surface area contributed by atoms with E-state index in [0.29, 0.717) is 6.54 Å². The standard InChI is InChI=1S/C9H9N5S/c10-3-8(7-1-2-15-5-7)14-6-12-9(4-11)13-14/h1-2,5-6,8H,3,10H2. The highest BCUT2D eigenvalue weighted by molar-refractivity contribution is 7.07. The number of nitriles is 1. The highest BCUT2D eigenvalue weighted by Crippen LogP contribution is 2.18. The Morgan fingerprint density at radius 3 is 3.07 bits per heavy atom. The van der Waals surface area contributed by atoms with Crippen LogP contribution in [0.4, 0.5) is 0 Å². The zero-order valence-electron chi connectivity index (χ0n) is 7.87. The second-order valence-electron chi connectivity index (χ2n) is 2.97. The van der Waals surface area contributed by atoms with E-state index in [0.717, 1.165) is 5.56 Å². The van der Waals surface area contributed by atoms with Gasteiger partial charge in [-0.05, 0) is 22.4 Å². The number of thiophene rings is 1. The molecule has 2 N–H and O–H groups in total. The number of aromatic nitrogens is 3. The average molecular weight is 219 g/mol. The fraction of sp³-hybridized carbons (Fsp3) is 0.222. The molecule has 0 spiro atoms. The summed E-state index contributed by atoms with van der Waals surface area (Å²) in [4.78, 5) is 3.85. The third-order valence-electron chi connectivity index (χ3n) is 2.08. The van der Waals surface area contributed by atoms with Gasteiger partial charge >= 0.3 is 0 Å². The lowest BCUT2D eigenvalue weighted by Gasteiger charge is -2.12. The van der Waals surface area contributed by atoms with Crippen LogP contribution >= 0.6 is 11.3 Å². The minimum atomic E-state index is -0.0363. The molecule has 76 valence electrons. The topological polar surface area (TPSA) is 80.5 Å². The summed E-state index contributed by atoms with van der Waals surface area (Å²) in [6.45, 7) is 0.435. The number of hydrogen-bond acceptors (Lipinski definition) is 5. The molecule has 0 saturated carbocycles. The fourth-order valence-electron chi connectivity index (χ4n) is 1.34. The van der Waals surface area contributed by atoms with Crippen molar-refractivity contribution in [2.75, 3.05) is 6.54 Å². The van der Waals surface area contributed by atoms with Crippen molar-refractivity contribution in [1.82, 2.24) is 14.8 Å². The largest absolute Gasteiger partial charge is 0.328 e. The molecule has 6 heteroatoms. The van der Waals surface area contributed by atoms with E-state index in [4.69, 9.17) is 11.0 Å². The molecule has 0 aromatic carbocycles. The minimum Gasteiger partial charge on any atom is -0.328 e. The van der Waals surface area contributed by atoms with Gasteiger partial charge in [0, 0.05) is 6.54 Å². The summed E-state index contributed by atoms with van der Waals surface area (Å²) in [6.07, 6.45) is 1.54. The molecule has 0 saturated heterocycles. The maximum atomic E-state index is 8.62. The summed E-state index contributed by atoms with van der Waals surface area (Å²) in [5.41, 5.74) is 6.77. The van der Waals surface area contributed by atoms with Crippen LogP contribution in [-0.4, -0.2) is 21.3 Å². The van der Waals surface area contributed by atoms with E-state index in [1.165, 1.54) is 6.33 Å². The zero-order chi connectivity index (χ0) is 10.7. The Labute approximate surface area is 90.8 Å². The van der Waals surface area contributed by atoms with Gasteiger partial charge in [-0.3, -0.25) is 0 Å². The summed E-state index contributed by atoms with van der Waals surface area (Å²) in [7, 11) is 0. The van der Waals surface area contributed by atoms with Gasteiger partial charge in [-0.25, -0.2) is 9.67 Å². The number of nitrogens with two attached hydrogens (primary N) is 1. The summed E-state index contributed by atoms with van der Waals surface area (Å²) in [5, 5.41) is 16.6. The molecule has 0 aliphatic rings. The molecule has 1 atom stereocenters. The molecule has 0 amide bonds. The number of hydrogen-bond donors (Lipinski definition) is 1. The highest BCUT2D eigenvalue weighted by Gasteiger charge is 2.13. The van der Waals surface area contributed by atoms with E-state index in [-0.39, 0.29) is 11.9 Å². The SMILES string of the molecule is N#Cc1ncn(C(CN)c2ccsc2)n1. The van der Waals surface area contributed by atoms with Crippen molar-refractivity contribution >= 4 is 11.3 Å². The third kappa shape index (κ3) is 1.88. The minimum absolute atomic E-state index is 0.0363. The maximum absolute atomic E-state index is 8.62. The van der Waals surface area contributed by atoms with Crippen molar-refractivity contribution in [2.45, 2.75) is 6.04 Å². The first-order chi connectivity index (χ1) is 7.35. The molecule has 2 rings (SSSR count). The van der Waals surface area contributed by atoms with E-state index in [1.807, 2.05) is 22.9 Å². The molecular weight excluding hydrogens is 210 g/mol. The molecule has 2 aromatic heterocycles. The highest BCUT2D eigenvalue weighted by atomic mass is 32.1. The van der Waals surface area contributed by atoms with Gasteiger partial charge in [-0.15, -0.1) is 5.10 Å². The molecule has 2 aromatic rings. The Balaban J connectivity index is 2.32. The van der Waals surface area contributed by atoms with Crippen LogP contribution in [-0.2, 0) is 0 Å². The molecule has 5 nitrogen and oxygen atoms in total. The third-order valence-corrected chi connectivity index (χ3v) is 2.78. The van der Waals surface area contributed by atoms with E-state index in [1.54, 1.807) is 16.0 Å². The van der Waals surface area contributed by atoms with Crippen molar-refractivity contribution in [3.8, 4) is 6.07 Å². The Hall–Kier alpha value is -1.71. The summed E-state index contributed by atoms with van der Waals surface area (Å²) in [6, 6.07) is 3.85. The van der Waals surface area contributed by atoms with E-state index in [2.05, 4.69) is 10.1 Å². The van der Waals surface area contributed by atoms with Gasteiger partial charge in [0.1, 0.15) is 12.4 Å². The first-order valence-electron chi connectivity index (χ1n) is 4.38. The Morgan fingerprint density at radius 1 is 1.67 bits per heavy atom. The molecule has 0 radical (unpaired) electrons. The van der Waals surface area contributed by atoms with Crippen LogP contribution in [0.5, 0.6) is 0 Å². The lowest BCUT2D eigenvalue weighted by Crippen LogP contribution is -2.20. The second kappa shape index (κ2) is 4.21. The van der Waals surface area contributed by atoms with Crippen molar-refractivity contribution in [3.63, 3.8) is 0 Å². The first kappa shape index (κ1) is 9.83. The van der Waals surface area contributed by atoms with Gasteiger partial charge in [0.25, 0.3) is 5.82 Å². The molecule has 1 unspecified atom stereocenters. The normalized spacial score (nSPS) is 12.3. The van der Waals surface area contributed by atoms with Crippen LogP contribution in [0, 0.1) is 11.3 Å². The van der Waals surface area contributed by atoms with Crippen LogP contribution in [0.15, 0.2) is 23.2 Å². The van der Waals surface area contributed by atoms with Crippen LogP contribution < -0.4 is 5.73 Å². The maximum Gasteiger partial charge on any atom is 0.252 e. The fourth-order valence-corrected chi connectivity index (χ4v) is 2.04. The lowest BCUT2D eigenvalue weighted by atomic mass is 10.1. The van der Waals surface area contributed by atoms with Gasteiger partial charge in [-0.2, -0.15) is 16.6 Å². The Morgan fingerprint density at radius 2 is 2.53 bits per heavy atom. The van der Waals surface area contributed by atoms with E-state index in [9.17, 15) is 0 Å². The first-order valence-corrected chi connectivity index (χ1v) is 5.33. The lowest BCUT2D eigenvalue weighted by molar-refractivity contribution is 0.531. The summed E-state index contributed by atoms with van der Waals surface area (Å²) < 4.78 is 1.63. The molecule has 0 bridgehead atoms. The quantitative estimate of drug-likeness (QED) is 0.826.